The van der Waals surface area contributed by atoms with E-state index in [9.17, 15) is 33.6 Å². The van der Waals surface area contributed by atoms with Crippen LogP contribution in [0, 0.1) is 0 Å². The Bertz CT molecular complexity index is 1030. The highest BCUT2D eigenvalue weighted by Crippen LogP contribution is 2.26. The van der Waals surface area contributed by atoms with Crippen molar-refractivity contribution >= 4 is 16.3 Å². The molecule has 1 aliphatic heterocycles. The van der Waals surface area contributed by atoms with Gasteiger partial charge in [0.1, 0.15) is 24.4 Å². The van der Waals surface area contributed by atoms with Gasteiger partial charge in [-0.15, -0.1) is 0 Å². The molecule has 7 atom stereocenters. The molecule has 1 aliphatic rings. The molecule has 0 radical (unpaired) electrons. The maximum Gasteiger partial charge on any atom is 0.397 e. The number of carbonyl (C=O) groups excluding carboxylic acids is 1. The SMILES string of the molecule is CCCCCCCCCCC/C=C/C(O)C(COC1OC(CO)C(O)C(OS(=O)(=O)O)C1O)NC(=O)CCCCCCCCCCCCCCCCCC. The molecule has 0 aromatic rings. The molecule has 0 aromatic heterocycles. The van der Waals surface area contributed by atoms with Crippen molar-refractivity contribution in [2.75, 3.05) is 13.2 Å². The van der Waals surface area contributed by atoms with Crippen LogP contribution < -0.4 is 5.32 Å². The summed E-state index contributed by atoms with van der Waals surface area (Å²) < 4.78 is 47.4. The first-order valence-electron chi connectivity index (χ1n) is 21.6. The smallest absolute Gasteiger partial charge is 0.394 e. The third-order valence-corrected chi connectivity index (χ3v) is 10.8. The van der Waals surface area contributed by atoms with Crippen LogP contribution in [0.1, 0.15) is 187 Å². The number of hydrogen-bond donors (Lipinski definition) is 6. The molecule has 1 fully saturated rings. The second-order valence-corrected chi connectivity index (χ2v) is 16.3. The van der Waals surface area contributed by atoms with Crippen LogP contribution in [0.25, 0.3) is 0 Å². The topological polar surface area (TPSA) is 192 Å². The maximum absolute atomic E-state index is 13.0. The van der Waals surface area contributed by atoms with Gasteiger partial charge in [0.25, 0.3) is 0 Å². The van der Waals surface area contributed by atoms with Crippen molar-refractivity contribution in [1.82, 2.24) is 5.32 Å². The highest BCUT2D eigenvalue weighted by molar-refractivity contribution is 7.80. The molecular formula is C41H79NO11S. The van der Waals surface area contributed by atoms with E-state index in [2.05, 4.69) is 23.3 Å². The normalized spacial score (nSPS) is 21.8. The van der Waals surface area contributed by atoms with Gasteiger partial charge in [-0.2, -0.15) is 8.42 Å². The zero-order chi connectivity index (χ0) is 39.9. The number of allylic oxidation sites excluding steroid dienone is 1. The van der Waals surface area contributed by atoms with E-state index >= 15 is 0 Å². The second kappa shape index (κ2) is 32.9. The highest BCUT2D eigenvalue weighted by Gasteiger charge is 2.48. The van der Waals surface area contributed by atoms with Gasteiger partial charge >= 0.3 is 10.4 Å². The molecule has 1 heterocycles. The van der Waals surface area contributed by atoms with Gasteiger partial charge in [0.15, 0.2) is 6.29 Å². The van der Waals surface area contributed by atoms with Crippen LogP contribution in [0.2, 0.25) is 0 Å². The minimum absolute atomic E-state index is 0.262. The molecule has 13 heteroatoms. The Balaban J connectivity index is 2.54. The van der Waals surface area contributed by atoms with Crippen molar-refractivity contribution < 1.29 is 51.8 Å². The molecule has 7 unspecified atom stereocenters. The van der Waals surface area contributed by atoms with E-state index in [4.69, 9.17) is 14.0 Å². The number of unbranched alkanes of at least 4 members (excludes halogenated alkanes) is 24. The fourth-order valence-electron chi connectivity index (χ4n) is 6.92. The van der Waals surface area contributed by atoms with Gasteiger partial charge in [0.2, 0.25) is 5.91 Å². The van der Waals surface area contributed by atoms with Gasteiger partial charge in [-0.1, -0.05) is 174 Å². The van der Waals surface area contributed by atoms with Gasteiger partial charge < -0.3 is 35.2 Å². The summed E-state index contributed by atoms with van der Waals surface area (Å²) in [6, 6.07) is -0.936. The molecule has 1 amide bonds. The number of hydrogen-bond acceptors (Lipinski definition) is 10. The molecule has 0 spiro atoms. The maximum atomic E-state index is 13.0. The fourth-order valence-corrected chi connectivity index (χ4v) is 7.43. The van der Waals surface area contributed by atoms with Crippen molar-refractivity contribution in [2.45, 2.75) is 230 Å². The van der Waals surface area contributed by atoms with Crippen molar-refractivity contribution in [2.24, 2.45) is 0 Å². The van der Waals surface area contributed by atoms with Crippen molar-refractivity contribution in [1.29, 1.82) is 0 Å². The molecule has 0 bridgehead atoms. The van der Waals surface area contributed by atoms with Gasteiger partial charge in [-0.05, 0) is 19.3 Å². The molecular weight excluding hydrogens is 715 g/mol. The lowest BCUT2D eigenvalue weighted by molar-refractivity contribution is -0.298. The summed E-state index contributed by atoms with van der Waals surface area (Å²) in [5.41, 5.74) is 0. The Labute approximate surface area is 328 Å². The van der Waals surface area contributed by atoms with Crippen LogP contribution in [0.4, 0.5) is 0 Å². The lowest BCUT2D eigenvalue weighted by Gasteiger charge is -2.41. The zero-order valence-corrected chi connectivity index (χ0v) is 34.6. The standard InChI is InChI=1S/C41H79NO11S/c1-3-5-7-9-11-13-15-16-17-18-19-21-23-25-27-29-31-37(45)42-34(35(44)30-28-26-24-22-20-14-12-10-8-6-4-2)33-51-41-39(47)40(53-54(48,49)50)38(46)36(32-43)52-41/h28,30,34-36,38-41,43-44,46-47H,3-27,29,31-33H2,1-2H3,(H,42,45)(H,48,49,50)/b30-28+. The minimum atomic E-state index is -5.08. The number of carbonyl (C=O) groups is 1. The molecule has 0 aromatic carbocycles. The lowest BCUT2D eigenvalue weighted by atomic mass is 9.99. The highest BCUT2D eigenvalue weighted by atomic mass is 32.3. The largest absolute Gasteiger partial charge is 0.397 e. The summed E-state index contributed by atoms with van der Waals surface area (Å²) in [7, 11) is -5.08. The van der Waals surface area contributed by atoms with E-state index in [1.54, 1.807) is 6.08 Å². The summed E-state index contributed by atoms with van der Waals surface area (Å²) in [6.07, 6.45) is 25.4. The number of aliphatic hydroxyl groups excluding tert-OH is 4. The summed E-state index contributed by atoms with van der Waals surface area (Å²) in [4.78, 5) is 13.0. The van der Waals surface area contributed by atoms with Crippen molar-refractivity contribution in [3.05, 3.63) is 12.2 Å². The van der Waals surface area contributed by atoms with E-state index in [-0.39, 0.29) is 18.9 Å². The van der Waals surface area contributed by atoms with Crippen LogP contribution in [0.5, 0.6) is 0 Å². The van der Waals surface area contributed by atoms with E-state index in [0.29, 0.717) is 6.42 Å². The average Bonchev–Trinajstić information content (AvgIpc) is 3.14. The van der Waals surface area contributed by atoms with Gasteiger partial charge in [-0.25, -0.2) is 4.18 Å². The first-order chi connectivity index (χ1) is 26.0. The molecule has 6 N–H and O–H groups in total. The van der Waals surface area contributed by atoms with E-state index in [1.165, 1.54) is 122 Å². The molecule has 1 saturated heterocycles. The quantitative estimate of drug-likeness (QED) is 0.0208. The Hall–Kier alpha value is -1.16. The van der Waals surface area contributed by atoms with Crippen LogP contribution in [0.3, 0.4) is 0 Å². The lowest BCUT2D eigenvalue weighted by Crippen LogP contribution is -2.61. The molecule has 0 saturated carbocycles. The predicted molar refractivity (Wildman–Crippen MR) is 213 cm³/mol. The van der Waals surface area contributed by atoms with E-state index in [0.717, 1.165) is 38.5 Å². The molecule has 1 rings (SSSR count). The third kappa shape index (κ3) is 25.9. The van der Waals surface area contributed by atoms with Crippen molar-refractivity contribution in [3.8, 4) is 0 Å². The zero-order valence-electron chi connectivity index (χ0n) is 33.8. The Morgan fingerprint density at radius 2 is 1.17 bits per heavy atom. The van der Waals surface area contributed by atoms with Crippen LogP contribution in [0.15, 0.2) is 12.2 Å². The number of aliphatic hydroxyl groups is 4. The molecule has 12 nitrogen and oxygen atoms in total. The van der Waals surface area contributed by atoms with Gasteiger partial charge in [-0.3, -0.25) is 9.35 Å². The number of rotatable bonds is 36. The van der Waals surface area contributed by atoms with E-state index < -0.39 is 59.9 Å². The van der Waals surface area contributed by atoms with Crippen LogP contribution in [-0.2, 0) is 28.9 Å². The number of ether oxygens (including phenoxy) is 2. The monoisotopic (exact) mass is 794 g/mol. The van der Waals surface area contributed by atoms with E-state index in [1.807, 2.05) is 6.08 Å². The summed E-state index contributed by atoms with van der Waals surface area (Å²) in [6.45, 7) is 3.36. The first-order valence-corrected chi connectivity index (χ1v) is 22.9. The van der Waals surface area contributed by atoms with Crippen LogP contribution >= 0.6 is 0 Å². The Kier molecular flexibility index (Phi) is 31.0. The van der Waals surface area contributed by atoms with Crippen LogP contribution in [-0.4, -0.2) is 95.4 Å². The Morgan fingerprint density at radius 3 is 1.61 bits per heavy atom. The molecule has 320 valence electrons. The second-order valence-electron chi connectivity index (χ2n) is 15.3. The average molecular weight is 794 g/mol. The van der Waals surface area contributed by atoms with Gasteiger partial charge in [0.05, 0.1) is 25.4 Å². The molecule has 0 aliphatic carbocycles. The summed E-state index contributed by atoms with van der Waals surface area (Å²) in [5.74, 6) is -0.262. The summed E-state index contributed by atoms with van der Waals surface area (Å²) in [5, 5.41) is 44.5. The number of amides is 1. The molecule has 54 heavy (non-hydrogen) atoms. The first kappa shape index (κ1) is 50.9. The van der Waals surface area contributed by atoms with Crippen molar-refractivity contribution in [3.63, 3.8) is 0 Å². The Morgan fingerprint density at radius 1 is 0.722 bits per heavy atom. The van der Waals surface area contributed by atoms with Gasteiger partial charge in [0, 0.05) is 6.42 Å². The number of nitrogens with one attached hydrogen (secondary N) is 1. The summed E-state index contributed by atoms with van der Waals surface area (Å²) >= 11 is 0. The fraction of sp³-hybridized carbons (Fsp3) is 0.927. The third-order valence-electron chi connectivity index (χ3n) is 10.3. The predicted octanol–water partition coefficient (Wildman–Crippen LogP) is 7.60. The minimum Gasteiger partial charge on any atom is -0.394 e.